The number of piperidine rings is 1. The van der Waals surface area contributed by atoms with E-state index in [1.807, 2.05) is 18.2 Å². The lowest BCUT2D eigenvalue weighted by molar-refractivity contribution is -0.198. The Bertz CT molecular complexity index is 1390. The van der Waals surface area contributed by atoms with E-state index in [0.717, 1.165) is 49.7 Å². The van der Waals surface area contributed by atoms with Crippen LogP contribution in [0.2, 0.25) is 0 Å². The summed E-state index contributed by atoms with van der Waals surface area (Å²) in [4.78, 5) is 36.7. The van der Waals surface area contributed by atoms with Crippen molar-refractivity contribution in [2.45, 2.75) is 63.4 Å². The van der Waals surface area contributed by atoms with E-state index in [-0.39, 0.29) is 17.7 Å². The van der Waals surface area contributed by atoms with Gasteiger partial charge in [0.1, 0.15) is 11.4 Å². The minimum atomic E-state index is -0.529. The average Bonchev–Trinajstić information content (AvgIpc) is 3.39. The van der Waals surface area contributed by atoms with Crippen LogP contribution >= 0.6 is 0 Å². The molecule has 1 spiro atoms. The second-order valence-electron chi connectivity index (χ2n) is 10.9. The molecule has 4 heterocycles. The Labute approximate surface area is 228 Å². The van der Waals surface area contributed by atoms with Crippen LogP contribution in [0.25, 0.3) is 17.0 Å². The Balaban J connectivity index is 1.12. The Morgan fingerprint density at radius 1 is 1.23 bits per heavy atom. The van der Waals surface area contributed by atoms with E-state index in [9.17, 15) is 9.59 Å². The topological polar surface area (TPSA) is 92.9 Å². The van der Waals surface area contributed by atoms with Crippen LogP contribution in [-0.2, 0) is 14.4 Å². The maximum absolute atomic E-state index is 13.4. The molecule has 3 unspecified atom stereocenters. The van der Waals surface area contributed by atoms with E-state index in [1.165, 1.54) is 17.0 Å². The lowest BCUT2D eigenvalue weighted by Gasteiger charge is -2.46. The van der Waals surface area contributed by atoms with Gasteiger partial charge in [0, 0.05) is 48.8 Å². The SMILES string of the molecule is CC(c1c[nH]c2ccccc12)N1CCCC2(CC(=O)c3cc(C=CC(=O)NOC4CCCCO4)ccc3O2)C1. The number of rotatable bonds is 6. The summed E-state index contributed by atoms with van der Waals surface area (Å²) in [5.41, 5.74) is 5.61. The second-order valence-corrected chi connectivity index (χ2v) is 10.9. The zero-order valence-corrected chi connectivity index (χ0v) is 22.3. The molecule has 0 saturated carbocycles. The number of nitrogens with zero attached hydrogens (tertiary/aromatic N) is 1. The third-order valence-electron chi connectivity index (χ3n) is 8.16. The Morgan fingerprint density at radius 2 is 2.13 bits per heavy atom. The van der Waals surface area contributed by atoms with Gasteiger partial charge in [0.25, 0.3) is 5.91 Å². The summed E-state index contributed by atoms with van der Waals surface area (Å²) in [6, 6.07) is 14.1. The summed E-state index contributed by atoms with van der Waals surface area (Å²) in [7, 11) is 0. The predicted octanol–water partition coefficient (Wildman–Crippen LogP) is 5.32. The number of carbonyl (C=O) groups is 2. The fourth-order valence-electron chi connectivity index (χ4n) is 6.08. The summed E-state index contributed by atoms with van der Waals surface area (Å²) < 4.78 is 12.0. The number of hydroxylamine groups is 1. The highest BCUT2D eigenvalue weighted by Gasteiger charge is 2.44. The Morgan fingerprint density at radius 3 is 3.00 bits per heavy atom. The predicted molar refractivity (Wildman–Crippen MR) is 148 cm³/mol. The van der Waals surface area contributed by atoms with Crippen LogP contribution in [0.4, 0.5) is 0 Å². The number of aromatic nitrogens is 1. The maximum Gasteiger partial charge on any atom is 0.267 e. The van der Waals surface area contributed by atoms with Gasteiger partial charge in [-0.3, -0.25) is 14.5 Å². The molecular weight excluding hydrogens is 494 g/mol. The first-order valence-corrected chi connectivity index (χ1v) is 13.9. The number of para-hydroxylation sites is 1. The molecule has 0 radical (unpaired) electrons. The Hall–Kier alpha value is -3.46. The molecule has 2 aromatic carbocycles. The minimum Gasteiger partial charge on any atom is -0.485 e. The van der Waals surface area contributed by atoms with Crippen LogP contribution in [0, 0.1) is 0 Å². The van der Waals surface area contributed by atoms with E-state index >= 15 is 0 Å². The van der Waals surface area contributed by atoms with Crippen LogP contribution in [0.15, 0.2) is 54.7 Å². The van der Waals surface area contributed by atoms with Crippen molar-refractivity contribution in [1.82, 2.24) is 15.4 Å². The van der Waals surface area contributed by atoms with Gasteiger partial charge in [-0.15, -0.1) is 0 Å². The van der Waals surface area contributed by atoms with Crippen molar-refractivity contribution >= 4 is 28.7 Å². The van der Waals surface area contributed by atoms with E-state index in [0.29, 0.717) is 30.9 Å². The van der Waals surface area contributed by atoms with Crippen LogP contribution in [0.5, 0.6) is 5.75 Å². The molecule has 8 heteroatoms. The van der Waals surface area contributed by atoms with Gasteiger partial charge in [-0.2, -0.15) is 0 Å². The van der Waals surface area contributed by atoms with Crippen LogP contribution in [0.3, 0.4) is 0 Å². The van der Waals surface area contributed by atoms with E-state index < -0.39 is 11.9 Å². The van der Waals surface area contributed by atoms with Gasteiger partial charge in [0.15, 0.2) is 12.1 Å². The van der Waals surface area contributed by atoms with Gasteiger partial charge in [0.2, 0.25) is 0 Å². The van der Waals surface area contributed by atoms with Crippen molar-refractivity contribution in [3.05, 3.63) is 71.4 Å². The van der Waals surface area contributed by atoms with E-state index in [1.54, 1.807) is 12.1 Å². The standard InChI is InChI=1S/C31H35N3O5/c1-21(25-19-32-26-8-3-2-7-23(25)26)34-15-6-14-31(20-34)18-27(35)24-17-22(10-12-28(24)38-31)11-13-29(36)33-39-30-9-4-5-16-37-30/h2-3,7-8,10-13,17,19,21,30,32H,4-6,9,14-16,18,20H2,1H3,(H,33,36). The first-order valence-electron chi connectivity index (χ1n) is 13.9. The number of H-pyrrole nitrogens is 1. The normalized spacial score (nSPS) is 24.5. The number of fused-ring (bicyclic) bond motifs is 2. The van der Waals surface area contributed by atoms with Gasteiger partial charge in [0.05, 0.1) is 12.0 Å². The average molecular weight is 530 g/mol. The molecule has 2 N–H and O–H groups in total. The molecule has 3 aliphatic heterocycles. The molecule has 3 aromatic rings. The molecule has 0 bridgehead atoms. The Kier molecular flexibility index (Phi) is 7.25. The van der Waals surface area contributed by atoms with Crippen molar-refractivity contribution in [3.8, 4) is 5.75 Å². The maximum atomic E-state index is 13.4. The zero-order valence-electron chi connectivity index (χ0n) is 22.3. The number of hydrogen-bond donors (Lipinski definition) is 2. The monoisotopic (exact) mass is 529 g/mol. The molecule has 2 saturated heterocycles. The van der Waals surface area contributed by atoms with Crippen molar-refractivity contribution in [3.63, 3.8) is 0 Å². The third kappa shape index (κ3) is 5.50. The smallest absolute Gasteiger partial charge is 0.267 e. The highest BCUT2D eigenvalue weighted by molar-refractivity contribution is 6.01. The molecule has 2 fully saturated rings. The number of amides is 1. The molecule has 3 aliphatic rings. The second kappa shape index (κ2) is 11.0. The molecule has 8 nitrogen and oxygen atoms in total. The molecule has 1 amide bonds. The van der Waals surface area contributed by atoms with E-state index in [2.05, 4.69) is 46.7 Å². The minimum absolute atomic E-state index is 0.0790. The lowest BCUT2D eigenvalue weighted by Crippen LogP contribution is -2.55. The van der Waals surface area contributed by atoms with Crippen LogP contribution < -0.4 is 10.2 Å². The summed E-state index contributed by atoms with van der Waals surface area (Å²) in [6.07, 6.45) is 9.73. The molecular formula is C31H35N3O5. The number of hydrogen-bond acceptors (Lipinski definition) is 6. The van der Waals surface area contributed by atoms with Crippen molar-refractivity contribution in [2.75, 3.05) is 19.7 Å². The highest BCUT2D eigenvalue weighted by Crippen LogP contribution is 2.41. The van der Waals surface area contributed by atoms with Crippen LogP contribution in [0.1, 0.15) is 73.0 Å². The summed E-state index contributed by atoms with van der Waals surface area (Å²) in [6.45, 7) is 4.54. The van der Waals surface area contributed by atoms with Gasteiger partial charge >= 0.3 is 0 Å². The number of nitrogens with one attached hydrogen (secondary N) is 2. The fraction of sp³-hybridized carbons (Fsp3) is 0.419. The molecule has 39 heavy (non-hydrogen) atoms. The fourth-order valence-corrected chi connectivity index (χ4v) is 6.08. The third-order valence-corrected chi connectivity index (χ3v) is 8.16. The number of aromatic amines is 1. The molecule has 6 rings (SSSR count). The highest BCUT2D eigenvalue weighted by atomic mass is 16.8. The summed E-state index contributed by atoms with van der Waals surface area (Å²) >= 11 is 0. The van der Waals surface area contributed by atoms with Crippen molar-refractivity contribution in [2.24, 2.45) is 0 Å². The molecule has 3 atom stereocenters. The molecule has 0 aliphatic carbocycles. The first-order chi connectivity index (χ1) is 19.0. The van der Waals surface area contributed by atoms with Gasteiger partial charge in [-0.05, 0) is 74.6 Å². The van der Waals surface area contributed by atoms with Crippen LogP contribution in [-0.4, -0.2) is 53.2 Å². The van der Waals surface area contributed by atoms with E-state index in [4.69, 9.17) is 14.3 Å². The van der Waals surface area contributed by atoms with Gasteiger partial charge in [-0.25, -0.2) is 10.3 Å². The summed E-state index contributed by atoms with van der Waals surface area (Å²) in [5, 5.41) is 1.23. The largest absolute Gasteiger partial charge is 0.485 e. The zero-order chi connectivity index (χ0) is 26.8. The number of likely N-dealkylation sites (tertiary alicyclic amines) is 1. The number of Topliss-reactive ketones (excluding diaryl/α,β-unsaturated/α-hetero) is 1. The van der Waals surface area contributed by atoms with Crippen molar-refractivity contribution < 1.29 is 23.9 Å². The first kappa shape index (κ1) is 25.8. The summed E-state index contributed by atoms with van der Waals surface area (Å²) in [5.74, 6) is 0.317. The quantitative estimate of drug-likeness (QED) is 0.332. The lowest BCUT2D eigenvalue weighted by atomic mass is 9.82. The number of ketones is 1. The number of benzene rings is 2. The number of ether oxygens (including phenoxy) is 2. The molecule has 1 aromatic heterocycles. The number of carbonyl (C=O) groups excluding carboxylic acids is 2. The van der Waals surface area contributed by atoms with Gasteiger partial charge in [-0.1, -0.05) is 24.3 Å². The molecule has 204 valence electrons. The van der Waals surface area contributed by atoms with Gasteiger partial charge < -0.3 is 14.5 Å². The van der Waals surface area contributed by atoms with Crippen molar-refractivity contribution in [1.29, 1.82) is 0 Å².